The number of carbonyl (C=O) groups is 2. The Morgan fingerprint density at radius 1 is 1.41 bits per heavy atom. The molecule has 92 valence electrons. The van der Waals surface area contributed by atoms with Crippen LogP contribution in [0.1, 0.15) is 17.0 Å². The van der Waals surface area contributed by atoms with Crippen molar-refractivity contribution in [1.29, 1.82) is 0 Å². The summed E-state index contributed by atoms with van der Waals surface area (Å²) >= 11 is 3.09. The summed E-state index contributed by atoms with van der Waals surface area (Å²) in [6, 6.07) is 3.13. The van der Waals surface area contributed by atoms with Crippen LogP contribution in [-0.4, -0.2) is 24.9 Å². The third-order valence-corrected chi connectivity index (χ3v) is 2.30. The average Bonchev–Trinajstić information content (AvgIpc) is 2.73. The molecule has 6 heteroatoms. The molecule has 0 aliphatic rings. The molecule has 0 saturated carbocycles. The van der Waals surface area contributed by atoms with E-state index in [1.165, 1.54) is 6.07 Å². The minimum atomic E-state index is -0.422. The Kier molecular flexibility index (Phi) is 5.48. The summed E-state index contributed by atoms with van der Waals surface area (Å²) in [4.78, 5) is 22.7. The maximum Gasteiger partial charge on any atom is 0.287 e. The van der Waals surface area contributed by atoms with Gasteiger partial charge in [0, 0.05) is 6.54 Å². The molecule has 0 radical (unpaired) electrons. The molecule has 0 saturated heterocycles. The molecule has 2 amide bonds. The lowest BCUT2D eigenvalue weighted by Gasteiger charge is -2.04. The summed E-state index contributed by atoms with van der Waals surface area (Å²) in [5, 5.41) is 5.08. The zero-order valence-corrected chi connectivity index (χ0v) is 10.7. The van der Waals surface area contributed by atoms with Gasteiger partial charge in [0.15, 0.2) is 10.4 Å². The van der Waals surface area contributed by atoms with Gasteiger partial charge in [-0.3, -0.25) is 9.59 Å². The van der Waals surface area contributed by atoms with Gasteiger partial charge in [-0.15, -0.1) is 6.58 Å². The molecule has 0 unspecified atom stereocenters. The van der Waals surface area contributed by atoms with Crippen molar-refractivity contribution in [1.82, 2.24) is 10.6 Å². The number of furan rings is 1. The lowest BCUT2D eigenvalue weighted by molar-refractivity contribution is -0.120. The first-order valence-electron chi connectivity index (χ1n) is 5.04. The predicted octanol–water partition coefficient (Wildman–Crippen LogP) is 1.46. The van der Waals surface area contributed by atoms with Gasteiger partial charge in [0.2, 0.25) is 5.91 Å². The highest BCUT2D eigenvalue weighted by molar-refractivity contribution is 9.10. The minimum absolute atomic E-state index is 0.0751. The van der Waals surface area contributed by atoms with E-state index < -0.39 is 5.91 Å². The van der Waals surface area contributed by atoms with E-state index in [9.17, 15) is 9.59 Å². The molecule has 0 aliphatic carbocycles. The molecule has 0 fully saturated rings. The Bertz CT molecular complexity index is 415. The van der Waals surface area contributed by atoms with E-state index in [1.807, 2.05) is 0 Å². The van der Waals surface area contributed by atoms with Crippen molar-refractivity contribution in [2.75, 3.05) is 13.1 Å². The number of halogens is 1. The van der Waals surface area contributed by atoms with Crippen LogP contribution in [0.3, 0.4) is 0 Å². The Labute approximate surface area is 107 Å². The van der Waals surface area contributed by atoms with Crippen LogP contribution in [0.25, 0.3) is 0 Å². The molecule has 17 heavy (non-hydrogen) atoms. The van der Waals surface area contributed by atoms with Gasteiger partial charge in [0.1, 0.15) is 0 Å². The summed E-state index contributed by atoms with van der Waals surface area (Å²) in [5.41, 5.74) is 0. The second kappa shape index (κ2) is 6.90. The van der Waals surface area contributed by atoms with Crippen molar-refractivity contribution in [3.8, 4) is 0 Å². The Morgan fingerprint density at radius 2 is 2.18 bits per heavy atom. The first-order valence-corrected chi connectivity index (χ1v) is 5.84. The summed E-state index contributed by atoms with van der Waals surface area (Å²) in [5.74, 6) is -0.504. The summed E-state index contributed by atoms with van der Waals surface area (Å²) in [6.45, 7) is 3.98. The van der Waals surface area contributed by atoms with E-state index in [-0.39, 0.29) is 18.2 Å². The number of rotatable bonds is 6. The molecule has 0 aliphatic heterocycles. The van der Waals surface area contributed by atoms with Crippen molar-refractivity contribution >= 4 is 27.7 Å². The smallest absolute Gasteiger partial charge is 0.287 e. The minimum Gasteiger partial charge on any atom is -0.444 e. The predicted molar refractivity (Wildman–Crippen MR) is 66.6 cm³/mol. The van der Waals surface area contributed by atoms with Gasteiger partial charge < -0.3 is 15.1 Å². The van der Waals surface area contributed by atoms with Crippen LogP contribution < -0.4 is 10.6 Å². The van der Waals surface area contributed by atoms with Crippen molar-refractivity contribution in [3.05, 3.63) is 35.2 Å². The highest BCUT2D eigenvalue weighted by atomic mass is 79.9. The molecule has 0 spiro atoms. The van der Waals surface area contributed by atoms with E-state index in [0.717, 1.165) is 0 Å². The molecule has 1 heterocycles. The number of amides is 2. The van der Waals surface area contributed by atoms with E-state index in [2.05, 4.69) is 33.1 Å². The lowest BCUT2D eigenvalue weighted by Crippen LogP contribution is -2.37. The van der Waals surface area contributed by atoms with Crippen LogP contribution in [0.5, 0.6) is 0 Å². The SMILES string of the molecule is C=CCCNC(=O)CNC(=O)c1ccc(Br)o1. The first-order chi connectivity index (χ1) is 8.13. The van der Waals surface area contributed by atoms with Crippen molar-refractivity contribution in [3.63, 3.8) is 0 Å². The maximum absolute atomic E-state index is 11.5. The summed E-state index contributed by atoms with van der Waals surface area (Å²) in [7, 11) is 0. The van der Waals surface area contributed by atoms with E-state index >= 15 is 0 Å². The fraction of sp³-hybridized carbons (Fsp3) is 0.273. The zero-order chi connectivity index (χ0) is 12.7. The molecule has 1 rings (SSSR count). The first kappa shape index (κ1) is 13.5. The third kappa shape index (κ3) is 4.86. The van der Waals surface area contributed by atoms with Crippen molar-refractivity contribution in [2.24, 2.45) is 0 Å². The van der Waals surface area contributed by atoms with Gasteiger partial charge in [-0.1, -0.05) is 6.08 Å². The molecular weight excluding hydrogens is 288 g/mol. The molecule has 0 atom stereocenters. The fourth-order valence-corrected chi connectivity index (χ4v) is 1.37. The van der Waals surface area contributed by atoms with Gasteiger partial charge in [-0.25, -0.2) is 0 Å². The van der Waals surface area contributed by atoms with Crippen molar-refractivity contribution in [2.45, 2.75) is 6.42 Å². The molecule has 1 aromatic rings. The normalized spacial score (nSPS) is 9.71. The van der Waals surface area contributed by atoms with E-state index in [1.54, 1.807) is 12.1 Å². The van der Waals surface area contributed by atoms with Crippen LogP contribution in [0.15, 0.2) is 33.9 Å². The van der Waals surface area contributed by atoms with E-state index in [0.29, 0.717) is 17.6 Å². The second-order valence-electron chi connectivity index (χ2n) is 3.21. The fourth-order valence-electron chi connectivity index (χ4n) is 1.06. The van der Waals surface area contributed by atoms with Crippen LogP contribution in [0.4, 0.5) is 0 Å². The Balaban J connectivity index is 2.28. The molecule has 2 N–H and O–H groups in total. The summed E-state index contributed by atoms with van der Waals surface area (Å²) in [6.07, 6.45) is 2.41. The maximum atomic E-state index is 11.5. The summed E-state index contributed by atoms with van der Waals surface area (Å²) < 4.78 is 5.51. The van der Waals surface area contributed by atoms with Crippen molar-refractivity contribution < 1.29 is 14.0 Å². The van der Waals surface area contributed by atoms with Gasteiger partial charge in [-0.2, -0.15) is 0 Å². The van der Waals surface area contributed by atoms with Crippen LogP contribution in [0.2, 0.25) is 0 Å². The van der Waals surface area contributed by atoms with Crippen LogP contribution in [0, 0.1) is 0 Å². The Morgan fingerprint density at radius 3 is 2.76 bits per heavy atom. The molecule has 0 aromatic carbocycles. The number of hydrogen-bond acceptors (Lipinski definition) is 3. The number of nitrogens with one attached hydrogen (secondary N) is 2. The third-order valence-electron chi connectivity index (χ3n) is 1.88. The van der Waals surface area contributed by atoms with Crippen LogP contribution >= 0.6 is 15.9 Å². The largest absolute Gasteiger partial charge is 0.444 e. The topological polar surface area (TPSA) is 71.3 Å². The molecular formula is C11H13BrN2O3. The number of hydrogen-bond donors (Lipinski definition) is 2. The van der Waals surface area contributed by atoms with E-state index in [4.69, 9.17) is 4.42 Å². The van der Waals surface area contributed by atoms with Gasteiger partial charge in [0.25, 0.3) is 5.91 Å². The monoisotopic (exact) mass is 300 g/mol. The average molecular weight is 301 g/mol. The lowest BCUT2D eigenvalue weighted by atomic mass is 10.4. The second-order valence-corrected chi connectivity index (χ2v) is 4.00. The standard InChI is InChI=1S/C11H13BrN2O3/c1-2-3-6-13-10(15)7-14-11(16)8-4-5-9(12)17-8/h2,4-5H,1,3,6-7H2,(H,13,15)(H,14,16). The molecule has 5 nitrogen and oxygen atoms in total. The van der Waals surface area contributed by atoms with Gasteiger partial charge in [0.05, 0.1) is 6.54 Å². The molecule has 0 bridgehead atoms. The van der Waals surface area contributed by atoms with Crippen LogP contribution in [-0.2, 0) is 4.79 Å². The molecule has 1 aromatic heterocycles. The quantitative estimate of drug-likeness (QED) is 0.617. The number of carbonyl (C=O) groups excluding carboxylic acids is 2. The highest BCUT2D eigenvalue weighted by Crippen LogP contribution is 2.13. The Hall–Kier alpha value is -1.56. The van der Waals surface area contributed by atoms with Gasteiger partial charge in [-0.05, 0) is 34.5 Å². The highest BCUT2D eigenvalue weighted by Gasteiger charge is 2.11. The van der Waals surface area contributed by atoms with Gasteiger partial charge >= 0.3 is 0 Å². The zero-order valence-electron chi connectivity index (χ0n) is 9.16.